The zero-order chi connectivity index (χ0) is 10.7. The molecule has 2 heterocycles. The van der Waals surface area contributed by atoms with E-state index >= 15 is 0 Å². The smallest absolute Gasteiger partial charge is 0.137 e. The second-order valence-corrected chi connectivity index (χ2v) is 4.43. The van der Waals surface area contributed by atoms with Crippen molar-refractivity contribution in [2.24, 2.45) is 5.92 Å². The molecular formula is C12H18N2O. The summed E-state index contributed by atoms with van der Waals surface area (Å²) in [6.45, 7) is 4.24. The normalized spacial score (nSPS) is 26.8. The van der Waals surface area contributed by atoms with Crippen molar-refractivity contribution in [1.82, 2.24) is 9.88 Å². The van der Waals surface area contributed by atoms with Gasteiger partial charge in [0.2, 0.25) is 0 Å². The monoisotopic (exact) mass is 206 g/mol. The number of nitrogens with zero attached hydrogens (tertiary/aromatic N) is 2. The molecule has 15 heavy (non-hydrogen) atoms. The van der Waals surface area contributed by atoms with Gasteiger partial charge in [0.25, 0.3) is 0 Å². The van der Waals surface area contributed by atoms with Crippen LogP contribution in [0.5, 0.6) is 5.75 Å². The molecule has 0 amide bonds. The van der Waals surface area contributed by atoms with Gasteiger partial charge in [-0.3, -0.25) is 9.88 Å². The first-order chi connectivity index (χ1) is 7.25. The average Bonchev–Trinajstić information content (AvgIpc) is 2.56. The highest BCUT2D eigenvalue weighted by Crippen LogP contribution is 2.21. The second-order valence-electron chi connectivity index (χ2n) is 4.43. The number of likely N-dealkylation sites (tertiary alicyclic amines) is 1. The first kappa shape index (κ1) is 10.4. The molecule has 2 atom stereocenters. The van der Waals surface area contributed by atoms with Gasteiger partial charge in [-0.1, -0.05) is 6.92 Å². The fourth-order valence-corrected chi connectivity index (χ4v) is 2.18. The lowest BCUT2D eigenvalue weighted by Crippen LogP contribution is -2.30. The molecular weight excluding hydrogens is 188 g/mol. The minimum Gasteiger partial charge on any atom is -0.490 e. The molecule has 1 aromatic rings. The van der Waals surface area contributed by atoms with Crippen molar-refractivity contribution in [3.05, 3.63) is 24.5 Å². The van der Waals surface area contributed by atoms with E-state index in [1.165, 1.54) is 13.0 Å². The van der Waals surface area contributed by atoms with E-state index in [2.05, 4.69) is 23.9 Å². The molecule has 1 saturated heterocycles. The molecule has 0 bridgehead atoms. The van der Waals surface area contributed by atoms with Gasteiger partial charge in [0, 0.05) is 18.8 Å². The van der Waals surface area contributed by atoms with Crippen LogP contribution in [0.4, 0.5) is 0 Å². The Bertz CT molecular complexity index is 302. The van der Waals surface area contributed by atoms with E-state index < -0.39 is 0 Å². The summed E-state index contributed by atoms with van der Waals surface area (Å²) in [7, 11) is 2.17. The molecule has 0 N–H and O–H groups in total. The Morgan fingerprint density at radius 2 is 2.47 bits per heavy atom. The van der Waals surface area contributed by atoms with Gasteiger partial charge in [-0.15, -0.1) is 0 Å². The number of pyridine rings is 1. The largest absolute Gasteiger partial charge is 0.490 e. The van der Waals surface area contributed by atoms with E-state index in [9.17, 15) is 0 Å². The molecule has 82 valence electrons. The summed E-state index contributed by atoms with van der Waals surface area (Å²) in [4.78, 5) is 6.40. The summed E-state index contributed by atoms with van der Waals surface area (Å²) < 4.78 is 5.70. The van der Waals surface area contributed by atoms with Crippen LogP contribution in [0.1, 0.15) is 13.3 Å². The van der Waals surface area contributed by atoms with Gasteiger partial charge < -0.3 is 4.74 Å². The van der Waals surface area contributed by atoms with Crippen LogP contribution >= 0.6 is 0 Å². The van der Waals surface area contributed by atoms with Gasteiger partial charge in [-0.2, -0.15) is 0 Å². The average molecular weight is 206 g/mol. The van der Waals surface area contributed by atoms with Gasteiger partial charge in [-0.05, 0) is 31.5 Å². The fourth-order valence-electron chi connectivity index (χ4n) is 2.18. The highest BCUT2D eigenvalue weighted by molar-refractivity contribution is 5.15. The zero-order valence-electron chi connectivity index (χ0n) is 9.39. The van der Waals surface area contributed by atoms with Crippen molar-refractivity contribution in [2.45, 2.75) is 19.4 Å². The Morgan fingerprint density at radius 1 is 1.60 bits per heavy atom. The highest BCUT2D eigenvalue weighted by atomic mass is 16.5. The van der Waals surface area contributed by atoms with Crippen molar-refractivity contribution in [1.29, 1.82) is 0 Å². The molecule has 1 fully saturated rings. The first-order valence-corrected chi connectivity index (χ1v) is 5.49. The highest BCUT2D eigenvalue weighted by Gasteiger charge is 2.26. The summed E-state index contributed by atoms with van der Waals surface area (Å²) in [5.41, 5.74) is 0. The van der Waals surface area contributed by atoms with Crippen LogP contribution in [0.2, 0.25) is 0 Å². The van der Waals surface area contributed by atoms with Crippen LogP contribution in [-0.2, 0) is 0 Å². The molecule has 0 saturated carbocycles. The van der Waals surface area contributed by atoms with Crippen molar-refractivity contribution in [3.63, 3.8) is 0 Å². The lowest BCUT2D eigenvalue weighted by Gasteiger charge is -2.19. The Labute approximate surface area is 91.1 Å². The van der Waals surface area contributed by atoms with Crippen molar-refractivity contribution >= 4 is 0 Å². The summed E-state index contributed by atoms with van der Waals surface area (Å²) in [6.07, 6.45) is 4.76. The fraction of sp³-hybridized carbons (Fsp3) is 0.583. The van der Waals surface area contributed by atoms with E-state index in [1.807, 2.05) is 12.1 Å². The Morgan fingerprint density at radius 3 is 3.07 bits per heavy atom. The molecule has 2 rings (SSSR count). The van der Waals surface area contributed by atoms with Crippen LogP contribution < -0.4 is 4.74 Å². The van der Waals surface area contributed by atoms with Crippen molar-refractivity contribution in [2.75, 3.05) is 20.2 Å². The predicted octanol–water partition coefficient (Wildman–Crippen LogP) is 1.80. The quantitative estimate of drug-likeness (QED) is 0.754. The molecule has 0 radical (unpaired) electrons. The molecule has 0 aromatic carbocycles. The lowest BCUT2D eigenvalue weighted by molar-refractivity contribution is 0.198. The van der Waals surface area contributed by atoms with Crippen LogP contribution in [-0.4, -0.2) is 36.1 Å². The number of likely N-dealkylation sites (N-methyl/N-ethyl adjacent to an activating group) is 1. The van der Waals surface area contributed by atoms with Gasteiger partial charge in [0.1, 0.15) is 12.4 Å². The topological polar surface area (TPSA) is 25.4 Å². The van der Waals surface area contributed by atoms with Gasteiger partial charge >= 0.3 is 0 Å². The number of hydrogen-bond donors (Lipinski definition) is 0. The third-order valence-corrected chi connectivity index (χ3v) is 2.97. The first-order valence-electron chi connectivity index (χ1n) is 5.49. The number of hydrogen-bond acceptors (Lipinski definition) is 3. The lowest BCUT2D eigenvalue weighted by atomic mass is 10.1. The predicted molar refractivity (Wildman–Crippen MR) is 59.9 cm³/mol. The van der Waals surface area contributed by atoms with Gasteiger partial charge in [-0.25, -0.2) is 0 Å². The third-order valence-electron chi connectivity index (χ3n) is 2.97. The van der Waals surface area contributed by atoms with E-state index in [-0.39, 0.29) is 0 Å². The maximum absolute atomic E-state index is 5.70. The second kappa shape index (κ2) is 4.62. The Hall–Kier alpha value is -1.09. The maximum Gasteiger partial charge on any atom is 0.137 e. The summed E-state index contributed by atoms with van der Waals surface area (Å²) in [6, 6.07) is 4.40. The minimum absolute atomic E-state index is 0.556. The van der Waals surface area contributed by atoms with Crippen LogP contribution in [0.15, 0.2) is 24.5 Å². The molecule has 2 unspecified atom stereocenters. The molecule has 3 nitrogen and oxygen atoms in total. The van der Waals surface area contributed by atoms with E-state index in [0.717, 1.165) is 18.3 Å². The molecule has 1 aliphatic rings. The summed E-state index contributed by atoms with van der Waals surface area (Å²) >= 11 is 0. The van der Waals surface area contributed by atoms with E-state index in [4.69, 9.17) is 4.74 Å². The van der Waals surface area contributed by atoms with E-state index in [1.54, 1.807) is 12.4 Å². The molecule has 0 aliphatic carbocycles. The number of aromatic nitrogens is 1. The SMILES string of the molecule is CC1CC(COc2cccnc2)N(C)C1. The van der Waals surface area contributed by atoms with Crippen LogP contribution in [0, 0.1) is 5.92 Å². The number of rotatable bonds is 3. The third kappa shape index (κ3) is 2.69. The minimum atomic E-state index is 0.556. The van der Waals surface area contributed by atoms with Gasteiger partial charge in [0.05, 0.1) is 6.20 Å². The van der Waals surface area contributed by atoms with E-state index in [0.29, 0.717) is 6.04 Å². The van der Waals surface area contributed by atoms with Crippen LogP contribution in [0.3, 0.4) is 0 Å². The zero-order valence-corrected chi connectivity index (χ0v) is 9.39. The summed E-state index contributed by atoms with van der Waals surface area (Å²) in [5, 5.41) is 0. The maximum atomic E-state index is 5.70. The summed E-state index contributed by atoms with van der Waals surface area (Å²) in [5.74, 6) is 1.66. The van der Waals surface area contributed by atoms with Crippen molar-refractivity contribution in [3.8, 4) is 5.75 Å². The van der Waals surface area contributed by atoms with Gasteiger partial charge in [0.15, 0.2) is 0 Å². The Kier molecular flexibility index (Phi) is 3.21. The Balaban J connectivity index is 1.84. The molecule has 3 heteroatoms. The standard InChI is InChI=1S/C12H18N2O/c1-10-6-11(14(2)8-10)9-15-12-4-3-5-13-7-12/h3-5,7,10-11H,6,8-9H2,1-2H3. The van der Waals surface area contributed by atoms with Crippen LogP contribution in [0.25, 0.3) is 0 Å². The number of ether oxygens (including phenoxy) is 1. The molecule has 1 aromatic heterocycles. The van der Waals surface area contributed by atoms with Crippen molar-refractivity contribution < 1.29 is 4.74 Å². The molecule has 1 aliphatic heterocycles. The molecule has 0 spiro atoms.